The van der Waals surface area contributed by atoms with Crippen molar-refractivity contribution in [1.29, 1.82) is 0 Å². The summed E-state index contributed by atoms with van der Waals surface area (Å²) in [6.07, 6.45) is 0. The first-order valence-electron chi connectivity index (χ1n) is 7.11. The van der Waals surface area contributed by atoms with Gasteiger partial charge in [-0.2, -0.15) is 0 Å². The van der Waals surface area contributed by atoms with Gasteiger partial charge in [0.1, 0.15) is 0 Å². The van der Waals surface area contributed by atoms with Gasteiger partial charge in [0.15, 0.2) is 9.84 Å². The molecule has 2 aromatic carbocycles. The van der Waals surface area contributed by atoms with Crippen LogP contribution < -0.4 is 5.73 Å². The molecule has 3 rings (SSSR count). The average Bonchev–Trinajstić information content (AvgIpc) is 3.24. The van der Waals surface area contributed by atoms with Crippen LogP contribution >= 0.6 is 0 Å². The first-order valence-corrected chi connectivity index (χ1v) is 8.66. The number of sulfone groups is 1. The molecular weight excluding hydrogens is 282 g/mol. The Morgan fingerprint density at radius 2 is 1.62 bits per heavy atom. The van der Waals surface area contributed by atoms with Gasteiger partial charge in [0, 0.05) is 5.92 Å². The number of hydrogen-bond acceptors (Lipinski definition) is 3. The summed E-state index contributed by atoms with van der Waals surface area (Å²) in [6, 6.07) is 16.7. The van der Waals surface area contributed by atoms with Crippen molar-refractivity contribution in [3.8, 4) is 0 Å². The van der Waals surface area contributed by atoms with E-state index in [4.69, 9.17) is 5.73 Å². The molecule has 0 amide bonds. The zero-order valence-corrected chi connectivity index (χ0v) is 12.8. The van der Waals surface area contributed by atoms with Gasteiger partial charge in [-0.3, -0.25) is 0 Å². The first-order chi connectivity index (χ1) is 10.1. The summed E-state index contributed by atoms with van der Waals surface area (Å²) in [4.78, 5) is 0.392. The summed E-state index contributed by atoms with van der Waals surface area (Å²) in [7, 11) is -3.31. The maximum absolute atomic E-state index is 12.8. The van der Waals surface area contributed by atoms with E-state index in [1.54, 1.807) is 24.3 Å². The van der Waals surface area contributed by atoms with Gasteiger partial charge in [-0.1, -0.05) is 48.0 Å². The number of hydrogen-bond donors (Lipinski definition) is 1. The molecule has 3 nitrogen and oxygen atoms in total. The number of nitrogens with two attached hydrogens (primary N) is 1. The molecule has 2 aromatic rings. The van der Waals surface area contributed by atoms with Crippen molar-refractivity contribution in [3.63, 3.8) is 0 Å². The molecule has 0 aliphatic heterocycles. The van der Waals surface area contributed by atoms with Gasteiger partial charge in [-0.25, -0.2) is 8.42 Å². The predicted octanol–water partition coefficient (Wildman–Crippen LogP) is 2.51. The molecule has 0 heterocycles. The van der Waals surface area contributed by atoms with Crippen molar-refractivity contribution >= 4 is 9.84 Å². The molecule has 1 aliphatic rings. The lowest BCUT2D eigenvalue weighted by molar-refractivity contribution is 0.591. The van der Waals surface area contributed by atoms with Crippen LogP contribution in [0, 0.1) is 12.8 Å². The Labute approximate surface area is 125 Å². The minimum atomic E-state index is -3.31. The van der Waals surface area contributed by atoms with E-state index in [0.29, 0.717) is 11.4 Å². The highest BCUT2D eigenvalue weighted by Crippen LogP contribution is 2.53. The Hall–Kier alpha value is -1.65. The lowest BCUT2D eigenvalue weighted by Crippen LogP contribution is -2.13. The largest absolute Gasteiger partial charge is 0.330 e. The molecule has 3 unspecified atom stereocenters. The van der Waals surface area contributed by atoms with Crippen molar-refractivity contribution in [3.05, 3.63) is 65.7 Å². The fourth-order valence-electron chi connectivity index (χ4n) is 3.04. The molecule has 2 N–H and O–H groups in total. The molecule has 1 fully saturated rings. The van der Waals surface area contributed by atoms with E-state index in [1.807, 2.05) is 37.3 Å². The summed E-state index contributed by atoms with van der Waals surface area (Å²) < 4.78 is 25.5. The third-order valence-electron chi connectivity index (χ3n) is 4.26. The summed E-state index contributed by atoms with van der Waals surface area (Å²) in [5, 5.41) is -0.396. The van der Waals surface area contributed by atoms with Gasteiger partial charge in [-0.15, -0.1) is 0 Å². The van der Waals surface area contributed by atoms with E-state index < -0.39 is 15.1 Å². The normalized spacial score (nSPS) is 24.8. The van der Waals surface area contributed by atoms with Crippen LogP contribution in [0.3, 0.4) is 0 Å². The Morgan fingerprint density at radius 1 is 1.00 bits per heavy atom. The van der Waals surface area contributed by atoms with Crippen LogP contribution in [0.25, 0.3) is 0 Å². The molecule has 110 valence electrons. The Balaban J connectivity index is 1.94. The second-order valence-electron chi connectivity index (χ2n) is 5.66. The highest BCUT2D eigenvalue weighted by atomic mass is 32.2. The molecule has 0 spiro atoms. The van der Waals surface area contributed by atoms with Crippen LogP contribution in [0.1, 0.15) is 17.0 Å². The minimum Gasteiger partial charge on any atom is -0.330 e. The second kappa shape index (κ2) is 5.28. The Morgan fingerprint density at radius 3 is 2.19 bits per heavy atom. The van der Waals surface area contributed by atoms with Crippen molar-refractivity contribution in [2.45, 2.75) is 23.0 Å². The van der Waals surface area contributed by atoms with Crippen molar-refractivity contribution < 1.29 is 8.42 Å². The molecule has 21 heavy (non-hydrogen) atoms. The van der Waals surface area contributed by atoms with E-state index in [-0.39, 0.29) is 11.8 Å². The fourth-order valence-corrected chi connectivity index (χ4v) is 5.28. The molecule has 1 saturated carbocycles. The van der Waals surface area contributed by atoms with Crippen LogP contribution in [-0.2, 0) is 9.84 Å². The van der Waals surface area contributed by atoms with Gasteiger partial charge >= 0.3 is 0 Å². The summed E-state index contributed by atoms with van der Waals surface area (Å²) >= 11 is 0. The number of aryl methyl sites for hydroxylation is 1. The van der Waals surface area contributed by atoms with Gasteiger partial charge in [-0.05, 0) is 37.1 Å². The third kappa shape index (κ3) is 2.49. The second-order valence-corrected chi connectivity index (χ2v) is 7.76. The van der Waals surface area contributed by atoms with Gasteiger partial charge < -0.3 is 5.73 Å². The smallest absolute Gasteiger partial charge is 0.182 e. The van der Waals surface area contributed by atoms with Crippen molar-refractivity contribution in [1.82, 2.24) is 0 Å². The zero-order valence-electron chi connectivity index (χ0n) is 11.9. The Bertz CT molecular complexity index is 723. The van der Waals surface area contributed by atoms with Crippen LogP contribution in [-0.4, -0.2) is 20.2 Å². The maximum atomic E-state index is 12.8. The molecular formula is C17H19NO2S. The van der Waals surface area contributed by atoms with Gasteiger partial charge in [0.25, 0.3) is 0 Å². The van der Waals surface area contributed by atoms with Crippen LogP contribution in [0.2, 0.25) is 0 Å². The van der Waals surface area contributed by atoms with E-state index in [9.17, 15) is 8.42 Å². The summed E-state index contributed by atoms with van der Waals surface area (Å²) in [5.41, 5.74) is 8.03. The van der Waals surface area contributed by atoms with Crippen LogP contribution in [0.15, 0.2) is 59.5 Å². The summed E-state index contributed by atoms with van der Waals surface area (Å²) in [5.74, 6) is 0.0266. The predicted molar refractivity (Wildman–Crippen MR) is 83.9 cm³/mol. The summed E-state index contributed by atoms with van der Waals surface area (Å²) in [6.45, 7) is 2.42. The van der Waals surface area contributed by atoms with E-state index in [0.717, 1.165) is 5.56 Å². The average molecular weight is 301 g/mol. The highest BCUT2D eigenvalue weighted by molar-refractivity contribution is 7.92. The van der Waals surface area contributed by atoms with Gasteiger partial charge in [0.2, 0.25) is 0 Å². The molecule has 3 atom stereocenters. The molecule has 0 aromatic heterocycles. The van der Waals surface area contributed by atoms with E-state index in [2.05, 4.69) is 0 Å². The fraction of sp³-hybridized carbons (Fsp3) is 0.294. The standard InChI is InChI=1S/C17H19NO2S/c1-12-7-9-13(10-8-12)16-15(11-18)17(16)21(19,20)14-5-3-2-4-6-14/h2-10,15-17H,11,18H2,1H3. The van der Waals surface area contributed by atoms with Gasteiger partial charge in [0.05, 0.1) is 10.1 Å². The Kier molecular flexibility index (Phi) is 3.59. The van der Waals surface area contributed by atoms with Crippen LogP contribution in [0.4, 0.5) is 0 Å². The maximum Gasteiger partial charge on any atom is 0.182 e. The molecule has 0 bridgehead atoms. The van der Waals surface area contributed by atoms with E-state index >= 15 is 0 Å². The molecule has 0 saturated heterocycles. The molecule has 4 heteroatoms. The number of benzene rings is 2. The number of rotatable bonds is 4. The minimum absolute atomic E-state index is 0.0120. The monoisotopic (exact) mass is 301 g/mol. The zero-order chi connectivity index (χ0) is 15.0. The topological polar surface area (TPSA) is 60.2 Å². The molecule has 0 radical (unpaired) electrons. The highest BCUT2D eigenvalue weighted by Gasteiger charge is 2.57. The quantitative estimate of drug-likeness (QED) is 0.944. The van der Waals surface area contributed by atoms with Crippen LogP contribution in [0.5, 0.6) is 0 Å². The van der Waals surface area contributed by atoms with E-state index in [1.165, 1.54) is 5.56 Å². The lowest BCUT2D eigenvalue weighted by atomic mass is 10.1. The third-order valence-corrected chi connectivity index (χ3v) is 6.55. The first kappa shape index (κ1) is 14.3. The van der Waals surface area contributed by atoms with Crippen molar-refractivity contribution in [2.24, 2.45) is 11.7 Å². The lowest BCUT2D eigenvalue weighted by Gasteiger charge is -2.04. The molecule has 1 aliphatic carbocycles. The van der Waals surface area contributed by atoms with Crippen molar-refractivity contribution in [2.75, 3.05) is 6.54 Å². The SMILES string of the molecule is Cc1ccc(C2C(CN)C2S(=O)(=O)c2ccccc2)cc1.